The Hall–Kier alpha value is -3.58. The van der Waals surface area contributed by atoms with Crippen LogP contribution in [0.15, 0.2) is 72.8 Å². The molecule has 0 aromatic heterocycles. The lowest BCUT2D eigenvalue weighted by atomic mass is 9.88. The van der Waals surface area contributed by atoms with Crippen LogP contribution in [0.5, 0.6) is 17.2 Å². The zero-order valence-corrected chi connectivity index (χ0v) is 19.5. The quantitative estimate of drug-likeness (QED) is 0.500. The number of thiocarbonyl (C=S) groups is 1. The van der Waals surface area contributed by atoms with Crippen molar-refractivity contribution in [3.05, 3.63) is 83.9 Å². The Labute approximate surface area is 198 Å². The second kappa shape index (κ2) is 8.08. The lowest BCUT2D eigenvalue weighted by molar-refractivity contribution is 0.0184. The molecule has 1 saturated heterocycles. The third-order valence-corrected chi connectivity index (χ3v) is 6.57. The van der Waals surface area contributed by atoms with Crippen molar-refractivity contribution in [2.45, 2.75) is 25.1 Å². The fourth-order valence-corrected chi connectivity index (χ4v) is 5.17. The van der Waals surface area contributed by atoms with E-state index in [0.29, 0.717) is 28.6 Å². The Morgan fingerprint density at radius 3 is 2.30 bits per heavy atom. The minimum Gasteiger partial charge on any atom is -0.497 e. The van der Waals surface area contributed by atoms with Crippen LogP contribution in [0.4, 0.5) is 5.69 Å². The third kappa shape index (κ3) is 3.49. The number of ether oxygens (including phenoxy) is 3. The number of anilines is 1. The van der Waals surface area contributed by atoms with Crippen LogP contribution in [0.25, 0.3) is 0 Å². The van der Waals surface area contributed by atoms with Gasteiger partial charge in [-0.2, -0.15) is 0 Å². The number of amides is 1. The first-order chi connectivity index (χ1) is 15.9. The molecular weight excluding hydrogens is 436 g/mol. The van der Waals surface area contributed by atoms with Gasteiger partial charge in [-0.3, -0.25) is 14.6 Å². The molecule has 1 fully saturated rings. The SMILES string of the molecule is COc1cc(OC)cc(C(=O)N2C(=S)N(c3ccccc3)[C@]3(C)C[C@H]2c2ccccc2O3)c1. The van der Waals surface area contributed by atoms with E-state index in [1.807, 2.05) is 66.4 Å². The van der Waals surface area contributed by atoms with Gasteiger partial charge in [-0.25, -0.2) is 0 Å². The van der Waals surface area contributed by atoms with Crippen molar-refractivity contribution in [2.75, 3.05) is 19.1 Å². The van der Waals surface area contributed by atoms with Gasteiger partial charge in [-0.1, -0.05) is 36.4 Å². The maximum atomic E-state index is 14.0. The molecule has 0 radical (unpaired) electrons. The number of fused-ring (bicyclic) bond motifs is 4. The normalized spacial score (nSPS) is 21.2. The monoisotopic (exact) mass is 460 g/mol. The Morgan fingerprint density at radius 1 is 1.00 bits per heavy atom. The molecule has 0 saturated carbocycles. The smallest absolute Gasteiger partial charge is 0.260 e. The molecule has 0 aliphatic carbocycles. The van der Waals surface area contributed by atoms with E-state index in [1.165, 1.54) is 0 Å². The number of benzene rings is 3. The summed E-state index contributed by atoms with van der Waals surface area (Å²) in [4.78, 5) is 17.6. The van der Waals surface area contributed by atoms with E-state index in [9.17, 15) is 4.79 Å². The van der Waals surface area contributed by atoms with Crippen molar-refractivity contribution < 1.29 is 19.0 Å². The molecule has 0 unspecified atom stereocenters. The second-order valence-electron chi connectivity index (χ2n) is 8.26. The molecule has 33 heavy (non-hydrogen) atoms. The van der Waals surface area contributed by atoms with Gasteiger partial charge in [-0.15, -0.1) is 0 Å². The first-order valence-corrected chi connectivity index (χ1v) is 11.1. The highest BCUT2D eigenvalue weighted by atomic mass is 32.1. The van der Waals surface area contributed by atoms with Crippen molar-refractivity contribution in [3.8, 4) is 17.2 Å². The molecule has 2 aliphatic rings. The van der Waals surface area contributed by atoms with Gasteiger partial charge >= 0.3 is 0 Å². The van der Waals surface area contributed by atoms with E-state index in [4.69, 9.17) is 26.4 Å². The average Bonchev–Trinajstić information content (AvgIpc) is 2.83. The first kappa shape index (κ1) is 21.3. The number of para-hydroxylation sites is 2. The van der Waals surface area contributed by atoms with Gasteiger partial charge in [-0.05, 0) is 49.5 Å². The predicted molar refractivity (Wildman–Crippen MR) is 130 cm³/mol. The van der Waals surface area contributed by atoms with E-state index in [1.54, 1.807) is 37.3 Å². The topological polar surface area (TPSA) is 51.2 Å². The lowest BCUT2D eigenvalue weighted by Crippen LogP contribution is -2.67. The van der Waals surface area contributed by atoms with E-state index in [2.05, 4.69) is 0 Å². The molecule has 168 valence electrons. The highest BCUT2D eigenvalue weighted by molar-refractivity contribution is 7.80. The molecule has 7 heteroatoms. The molecule has 0 N–H and O–H groups in total. The number of hydrogen-bond donors (Lipinski definition) is 0. The van der Waals surface area contributed by atoms with Gasteiger partial charge < -0.3 is 14.2 Å². The summed E-state index contributed by atoms with van der Waals surface area (Å²) in [6, 6.07) is 22.5. The molecule has 0 spiro atoms. The first-order valence-electron chi connectivity index (χ1n) is 10.7. The maximum Gasteiger partial charge on any atom is 0.260 e. The summed E-state index contributed by atoms with van der Waals surface area (Å²) in [6.07, 6.45) is 0.561. The van der Waals surface area contributed by atoms with E-state index in [-0.39, 0.29) is 11.9 Å². The Bertz CT molecular complexity index is 1210. The Kier molecular flexibility index (Phi) is 5.21. The molecule has 3 aromatic carbocycles. The molecule has 3 aromatic rings. The van der Waals surface area contributed by atoms with Gasteiger partial charge in [0.05, 0.1) is 20.3 Å². The second-order valence-corrected chi connectivity index (χ2v) is 8.63. The molecule has 1 amide bonds. The van der Waals surface area contributed by atoms with Crippen molar-refractivity contribution in [2.24, 2.45) is 0 Å². The van der Waals surface area contributed by atoms with Crippen LogP contribution in [0.1, 0.15) is 35.3 Å². The molecule has 2 bridgehead atoms. The van der Waals surface area contributed by atoms with Gasteiger partial charge in [0.2, 0.25) is 0 Å². The number of hydrogen-bond acceptors (Lipinski definition) is 5. The summed E-state index contributed by atoms with van der Waals surface area (Å²) >= 11 is 5.97. The molecular formula is C26H24N2O4S. The van der Waals surface area contributed by atoms with Crippen LogP contribution >= 0.6 is 12.2 Å². The van der Waals surface area contributed by atoms with Gasteiger partial charge in [0.1, 0.15) is 17.2 Å². The van der Waals surface area contributed by atoms with Crippen LogP contribution in [0, 0.1) is 0 Å². The van der Waals surface area contributed by atoms with Crippen LogP contribution < -0.4 is 19.1 Å². The average molecular weight is 461 g/mol. The summed E-state index contributed by atoms with van der Waals surface area (Å²) in [5, 5.41) is 0.390. The summed E-state index contributed by atoms with van der Waals surface area (Å²) in [7, 11) is 3.12. The van der Waals surface area contributed by atoms with Crippen LogP contribution in [0.2, 0.25) is 0 Å². The van der Waals surface area contributed by atoms with Crippen LogP contribution in [-0.4, -0.2) is 35.9 Å². The van der Waals surface area contributed by atoms with Gasteiger partial charge in [0.15, 0.2) is 10.8 Å². The van der Waals surface area contributed by atoms with Crippen molar-refractivity contribution in [3.63, 3.8) is 0 Å². The number of methoxy groups -OCH3 is 2. The van der Waals surface area contributed by atoms with Gasteiger partial charge in [0, 0.05) is 29.3 Å². The summed E-state index contributed by atoms with van der Waals surface area (Å²) in [5.74, 6) is 1.61. The van der Waals surface area contributed by atoms with Crippen LogP contribution in [-0.2, 0) is 0 Å². The van der Waals surface area contributed by atoms with Crippen molar-refractivity contribution in [1.82, 2.24) is 4.90 Å². The van der Waals surface area contributed by atoms with Crippen molar-refractivity contribution >= 4 is 28.9 Å². The molecule has 2 aliphatic heterocycles. The number of nitrogens with zero attached hydrogens (tertiary/aromatic N) is 2. The number of rotatable bonds is 4. The Balaban J connectivity index is 1.66. The Morgan fingerprint density at radius 2 is 1.64 bits per heavy atom. The minimum absolute atomic E-state index is 0.220. The number of carbonyl (C=O) groups is 1. The molecule has 6 nitrogen and oxygen atoms in total. The van der Waals surface area contributed by atoms with E-state index < -0.39 is 5.72 Å². The van der Waals surface area contributed by atoms with Gasteiger partial charge in [0.25, 0.3) is 5.91 Å². The third-order valence-electron chi connectivity index (χ3n) is 6.19. The van der Waals surface area contributed by atoms with Crippen LogP contribution in [0.3, 0.4) is 0 Å². The highest BCUT2D eigenvalue weighted by Crippen LogP contribution is 2.49. The summed E-state index contributed by atoms with van der Waals surface area (Å²) < 4.78 is 17.3. The van der Waals surface area contributed by atoms with E-state index in [0.717, 1.165) is 17.0 Å². The fraction of sp³-hybridized carbons (Fsp3) is 0.231. The standard InChI is InChI=1S/C26H24N2O4S/c1-26-16-22(21-11-7-8-12-23(21)32-26)27(25(33)28(26)18-9-5-4-6-10-18)24(29)17-13-19(30-2)15-20(14-17)31-3/h4-15,22H,16H2,1-3H3/t22-,26-/m0/s1. The fourth-order valence-electron chi connectivity index (χ4n) is 4.67. The van der Waals surface area contributed by atoms with E-state index >= 15 is 0 Å². The largest absolute Gasteiger partial charge is 0.497 e. The number of carbonyl (C=O) groups excluding carboxylic acids is 1. The molecule has 2 atom stereocenters. The maximum absolute atomic E-state index is 14.0. The van der Waals surface area contributed by atoms with Crippen molar-refractivity contribution in [1.29, 1.82) is 0 Å². The minimum atomic E-state index is -0.736. The molecule has 5 rings (SSSR count). The lowest BCUT2D eigenvalue weighted by Gasteiger charge is -2.55. The zero-order valence-electron chi connectivity index (χ0n) is 18.6. The highest BCUT2D eigenvalue weighted by Gasteiger charge is 2.53. The summed E-state index contributed by atoms with van der Waals surface area (Å²) in [5.41, 5.74) is 1.51. The summed E-state index contributed by atoms with van der Waals surface area (Å²) in [6.45, 7) is 2.02. The molecule has 2 heterocycles. The zero-order chi connectivity index (χ0) is 23.2. The predicted octanol–water partition coefficient (Wildman–Crippen LogP) is 5.19.